The molecule has 33 heavy (non-hydrogen) atoms. The molecule has 1 amide bonds. The van der Waals surface area contributed by atoms with Gasteiger partial charge in [0.15, 0.2) is 0 Å². The summed E-state index contributed by atoms with van der Waals surface area (Å²) in [6.07, 6.45) is 0. The zero-order chi connectivity index (χ0) is 23.4. The summed E-state index contributed by atoms with van der Waals surface area (Å²) in [4.78, 5) is 13.1. The van der Waals surface area contributed by atoms with Gasteiger partial charge in [-0.15, -0.1) is 0 Å². The number of carbonyl (C=O) groups excluding carboxylic acids is 1. The van der Waals surface area contributed by atoms with Gasteiger partial charge in [0.25, 0.3) is 15.9 Å². The topological polar surface area (TPSA) is 84.5 Å². The lowest BCUT2D eigenvalue weighted by Gasteiger charge is -2.17. The van der Waals surface area contributed by atoms with Crippen molar-refractivity contribution < 1.29 is 17.9 Å². The van der Waals surface area contributed by atoms with E-state index in [-0.39, 0.29) is 28.1 Å². The van der Waals surface area contributed by atoms with Crippen LogP contribution in [0.2, 0.25) is 0 Å². The van der Waals surface area contributed by atoms with E-state index in [1.54, 1.807) is 55.6 Å². The van der Waals surface area contributed by atoms with Crippen molar-refractivity contribution in [2.45, 2.75) is 17.9 Å². The predicted octanol–water partition coefficient (Wildman–Crippen LogP) is 5.14. The number of fused-ring (bicyclic) bond motifs is 1. The lowest BCUT2D eigenvalue weighted by Crippen LogP contribution is -2.28. The van der Waals surface area contributed by atoms with Crippen molar-refractivity contribution in [3.8, 4) is 5.75 Å². The summed E-state index contributed by atoms with van der Waals surface area (Å²) in [6, 6.07) is 26.2. The Kier molecular flexibility index (Phi) is 6.33. The molecule has 0 bridgehead atoms. The van der Waals surface area contributed by atoms with Crippen LogP contribution < -0.4 is 14.8 Å². The molecular weight excluding hydrogens is 436 g/mol. The van der Waals surface area contributed by atoms with E-state index < -0.39 is 10.0 Å². The minimum atomic E-state index is -3.92. The Labute approximate surface area is 193 Å². The average molecular weight is 461 g/mol. The van der Waals surface area contributed by atoms with Gasteiger partial charge in [0.2, 0.25) is 0 Å². The molecule has 0 aliphatic rings. The number of hydrogen-bond donors (Lipinski definition) is 2. The van der Waals surface area contributed by atoms with Crippen LogP contribution in [0.4, 0.5) is 5.69 Å². The fourth-order valence-corrected chi connectivity index (χ4v) is 4.68. The number of sulfonamides is 1. The molecular formula is C26H24N2O4S. The first kappa shape index (κ1) is 22.4. The maximum absolute atomic E-state index is 13.1. The molecule has 0 aliphatic carbocycles. The molecule has 4 aromatic carbocycles. The zero-order valence-electron chi connectivity index (χ0n) is 18.3. The monoisotopic (exact) mass is 460 g/mol. The van der Waals surface area contributed by atoms with Gasteiger partial charge in [-0.25, -0.2) is 8.42 Å². The lowest BCUT2D eigenvalue weighted by molar-refractivity contribution is 0.0941. The van der Waals surface area contributed by atoms with Gasteiger partial charge in [0.05, 0.1) is 29.3 Å². The van der Waals surface area contributed by atoms with Gasteiger partial charge >= 0.3 is 0 Å². The van der Waals surface area contributed by atoms with Gasteiger partial charge < -0.3 is 10.1 Å². The maximum atomic E-state index is 13.1. The van der Waals surface area contributed by atoms with E-state index in [0.29, 0.717) is 5.75 Å². The smallest absolute Gasteiger partial charge is 0.261 e. The Bertz CT molecular complexity index is 1400. The van der Waals surface area contributed by atoms with E-state index in [1.807, 2.05) is 43.3 Å². The molecule has 1 atom stereocenters. The van der Waals surface area contributed by atoms with Gasteiger partial charge in [0, 0.05) is 0 Å². The Morgan fingerprint density at radius 2 is 1.52 bits per heavy atom. The van der Waals surface area contributed by atoms with Crippen molar-refractivity contribution in [1.29, 1.82) is 0 Å². The lowest BCUT2D eigenvalue weighted by atomic mass is 10.1. The third-order valence-electron chi connectivity index (χ3n) is 5.39. The van der Waals surface area contributed by atoms with Crippen molar-refractivity contribution in [3.63, 3.8) is 0 Å². The Morgan fingerprint density at radius 1 is 0.848 bits per heavy atom. The van der Waals surface area contributed by atoms with E-state index in [1.165, 1.54) is 6.07 Å². The van der Waals surface area contributed by atoms with E-state index >= 15 is 0 Å². The number of carbonyl (C=O) groups is 1. The molecule has 168 valence electrons. The average Bonchev–Trinajstić information content (AvgIpc) is 2.83. The van der Waals surface area contributed by atoms with Gasteiger partial charge in [-0.3, -0.25) is 9.52 Å². The van der Waals surface area contributed by atoms with Crippen LogP contribution in [-0.4, -0.2) is 21.4 Å². The van der Waals surface area contributed by atoms with Gasteiger partial charge in [0.1, 0.15) is 5.75 Å². The number of para-hydroxylation sites is 1. The summed E-state index contributed by atoms with van der Waals surface area (Å²) in [5, 5.41) is 4.56. The van der Waals surface area contributed by atoms with Crippen LogP contribution in [0.15, 0.2) is 95.9 Å². The molecule has 0 radical (unpaired) electrons. The van der Waals surface area contributed by atoms with Crippen LogP contribution in [0, 0.1) is 0 Å². The van der Waals surface area contributed by atoms with E-state index in [4.69, 9.17) is 4.74 Å². The number of nitrogens with one attached hydrogen (secondary N) is 2. The number of hydrogen-bond acceptors (Lipinski definition) is 4. The van der Waals surface area contributed by atoms with Crippen LogP contribution in [0.3, 0.4) is 0 Å². The van der Waals surface area contributed by atoms with E-state index in [0.717, 1.165) is 16.3 Å². The van der Waals surface area contributed by atoms with Crippen molar-refractivity contribution >= 4 is 32.4 Å². The molecule has 2 N–H and O–H groups in total. The summed E-state index contributed by atoms with van der Waals surface area (Å²) < 4.78 is 34.0. The molecule has 0 fully saturated rings. The number of methoxy groups -OCH3 is 1. The minimum absolute atomic E-state index is 0.105. The third kappa shape index (κ3) is 4.99. The highest BCUT2D eigenvalue weighted by atomic mass is 32.2. The number of anilines is 1. The normalized spacial score (nSPS) is 12.2. The first-order valence-corrected chi connectivity index (χ1v) is 11.9. The third-order valence-corrected chi connectivity index (χ3v) is 6.76. The number of benzene rings is 4. The number of rotatable bonds is 7. The highest BCUT2D eigenvalue weighted by Crippen LogP contribution is 2.26. The summed E-state index contributed by atoms with van der Waals surface area (Å²) >= 11 is 0. The molecule has 0 heterocycles. The highest BCUT2D eigenvalue weighted by Gasteiger charge is 2.20. The Balaban J connectivity index is 1.59. The fourth-order valence-electron chi connectivity index (χ4n) is 3.57. The summed E-state index contributed by atoms with van der Waals surface area (Å²) in [7, 11) is -2.34. The summed E-state index contributed by atoms with van der Waals surface area (Å²) in [6.45, 7) is 1.88. The quantitative estimate of drug-likeness (QED) is 0.400. The van der Waals surface area contributed by atoms with Crippen LogP contribution in [0.5, 0.6) is 5.75 Å². The molecule has 0 saturated carbocycles. The second-order valence-corrected chi connectivity index (χ2v) is 9.31. The van der Waals surface area contributed by atoms with Crippen LogP contribution in [0.25, 0.3) is 10.8 Å². The van der Waals surface area contributed by atoms with Crippen molar-refractivity contribution in [3.05, 3.63) is 102 Å². The first-order valence-electron chi connectivity index (χ1n) is 10.4. The molecule has 4 aromatic rings. The van der Waals surface area contributed by atoms with Crippen LogP contribution in [0.1, 0.15) is 28.9 Å². The standard InChI is InChI=1S/C26H24N2O4S/c1-18(19-8-4-3-5-9-19)27-26(29)24-10-6-7-11-25(24)28-33(30,31)23-15-13-20-16-22(32-2)14-12-21(20)17-23/h3-18,28H,1-2H3,(H,27,29)/t18-/m0/s1. The van der Waals surface area contributed by atoms with Crippen LogP contribution in [-0.2, 0) is 10.0 Å². The number of amides is 1. The second kappa shape index (κ2) is 9.34. The Hall–Kier alpha value is -3.84. The first-order chi connectivity index (χ1) is 15.9. The summed E-state index contributed by atoms with van der Waals surface area (Å²) in [5.41, 5.74) is 1.41. The molecule has 6 nitrogen and oxygen atoms in total. The van der Waals surface area contributed by atoms with Crippen molar-refractivity contribution in [1.82, 2.24) is 5.32 Å². The molecule has 0 aliphatic heterocycles. The predicted molar refractivity (Wildman–Crippen MR) is 130 cm³/mol. The molecule has 4 rings (SSSR count). The maximum Gasteiger partial charge on any atom is 0.261 e. The second-order valence-electron chi connectivity index (χ2n) is 7.63. The van der Waals surface area contributed by atoms with Gasteiger partial charge in [-0.1, -0.05) is 54.6 Å². The molecule has 0 unspecified atom stereocenters. The van der Waals surface area contributed by atoms with E-state index in [9.17, 15) is 13.2 Å². The number of ether oxygens (including phenoxy) is 1. The Morgan fingerprint density at radius 3 is 2.27 bits per heavy atom. The molecule has 0 saturated heterocycles. The van der Waals surface area contributed by atoms with E-state index in [2.05, 4.69) is 10.0 Å². The van der Waals surface area contributed by atoms with Crippen LogP contribution >= 0.6 is 0 Å². The highest BCUT2D eigenvalue weighted by molar-refractivity contribution is 7.92. The minimum Gasteiger partial charge on any atom is -0.497 e. The SMILES string of the molecule is COc1ccc2cc(S(=O)(=O)Nc3ccccc3C(=O)N[C@@H](C)c3ccccc3)ccc2c1. The molecule has 0 aromatic heterocycles. The summed E-state index contributed by atoms with van der Waals surface area (Å²) in [5.74, 6) is 0.330. The zero-order valence-corrected chi connectivity index (χ0v) is 19.1. The van der Waals surface area contributed by atoms with Crippen molar-refractivity contribution in [2.24, 2.45) is 0 Å². The van der Waals surface area contributed by atoms with Crippen molar-refractivity contribution in [2.75, 3.05) is 11.8 Å². The molecule has 0 spiro atoms. The molecule has 7 heteroatoms. The van der Waals surface area contributed by atoms with Gasteiger partial charge in [-0.05, 0) is 59.7 Å². The fraction of sp³-hybridized carbons (Fsp3) is 0.115. The van der Waals surface area contributed by atoms with Gasteiger partial charge in [-0.2, -0.15) is 0 Å². The largest absolute Gasteiger partial charge is 0.497 e.